The van der Waals surface area contributed by atoms with Crippen LogP contribution in [0, 0.1) is 0 Å². The van der Waals surface area contributed by atoms with Crippen molar-refractivity contribution in [3.63, 3.8) is 0 Å². The van der Waals surface area contributed by atoms with Crippen LogP contribution < -0.4 is 5.73 Å². The fourth-order valence-electron chi connectivity index (χ4n) is 3.06. The van der Waals surface area contributed by atoms with Gasteiger partial charge in [-0.1, -0.05) is 25.3 Å². The molecule has 7 heteroatoms. The van der Waals surface area contributed by atoms with Crippen LogP contribution in [0.3, 0.4) is 0 Å². The van der Waals surface area contributed by atoms with E-state index in [-0.39, 0.29) is 5.97 Å². The Balaban J connectivity index is 1.96. The van der Waals surface area contributed by atoms with Crippen molar-refractivity contribution < 1.29 is 9.53 Å². The molecule has 122 valence electrons. The molecule has 0 aliphatic heterocycles. The molecule has 1 fully saturated rings. The van der Waals surface area contributed by atoms with Gasteiger partial charge in [0.2, 0.25) is 0 Å². The second kappa shape index (κ2) is 6.45. The summed E-state index contributed by atoms with van der Waals surface area (Å²) in [6, 6.07) is 7.08. The third kappa shape index (κ3) is 3.10. The second-order valence-electron chi connectivity index (χ2n) is 5.90. The van der Waals surface area contributed by atoms with Gasteiger partial charge in [-0.15, -0.1) is 5.10 Å². The van der Waals surface area contributed by atoms with Crippen molar-refractivity contribution in [1.82, 2.24) is 20.2 Å². The predicted molar refractivity (Wildman–Crippen MR) is 84.1 cm³/mol. The van der Waals surface area contributed by atoms with Gasteiger partial charge in [0.05, 0.1) is 23.4 Å². The Morgan fingerprint density at radius 2 is 2.13 bits per heavy atom. The molecule has 1 aliphatic carbocycles. The summed E-state index contributed by atoms with van der Waals surface area (Å²) in [4.78, 5) is 11.9. The minimum atomic E-state index is -0.512. The number of hydrogen-bond acceptors (Lipinski definition) is 6. The van der Waals surface area contributed by atoms with E-state index in [1.807, 2.05) is 6.07 Å². The molecule has 0 unspecified atom stereocenters. The summed E-state index contributed by atoms with van der Waals surface area (Å²) in [7, 11) is 0. The number of carbonyl (C=O) groups excluding carboxylic acids is 1. The quantitative estimate of drug-likeness (QED) is 0.866. The Bertz CT molecular complexity index is 691. The number of nitrogens with two attached hydrogens (primary N) is 1. The highest BCUT2D eigenvalue weighted by atomic mass is 16.5. The molecule has 1 aromatic heterocycles. The average molecular weight is 315 g/mol. The van der Waals surface area contributed by atoms with Gasteiger partial charge < -0.3 is 10.5 Å². The van der Waals surface area contributed by atoms with Crippen molar-refractivity contribution in [2.45, 2.75) is 44.6 Å². The molecule has 0 spiro atoms. The van der Waals surface area contributed by atoms with Crippen LogP contribution in [0.4, 0.5) is 0 Å². The number of esters is 1. The van der Waals surface area contributed by atoms with Crippen molar-refractivity contribution in [2.75, 3.05) is 6.61 Å². The Morgan fingerprint density at radius 1 is 1.35 bits per heavy atom. The summed E-state index contributed by atoms with van der Waals surface area (Å²) in [6.07, 6.45) is 5.08. The van der Waals surface area contributed by atoms with Gasteiger partial charge in [0.15, 0.2) is 5.82 Å². The molecule has 7 nitrogen and oxygen atoms in total. The lowest BCUT2D eigenvalue weighted by molar-refractivity contribution is 0.0526. The SMILES string of the molecule is CCOC(=O)c1cccc(-n2nnnc2C2(N)CCCCC2)c1. The summed E-state index contributed by atoms with van der Waals surface area (Å²) in [5, 5.41) is 12.0. The molecule has 1 aliphatic rings. The normalized spacial score (nSPS) is 17.0. The average Bonchev–Trinajstić information content (AvgIpc) is 3.06. The maximum Gasteiger partial charge on any atom is 0.338 e. The molecule has 1 aromatic carbocycles. The summed E-state index contributed by atoms with van der Waals surface area (Å²) >= 11 is 0. The fraction of sp³-hybridized carbons (Fsp3) is 0.500. The van der Waals surface area contributed by atoms with E-state index in [1.54, 1.807) is 29.8 Å². The highest BCUT2D eigenvalue weighted by Gasteiger charge is 2.35. The van der Waals surface area contributed by atoms with Crippen LogP contribution in [-0.4, -0.2) is 32.8 Å². The van der Waals surface area contributed by atoms with Crippen LogP contribution in [0.15, 0.2) is 24.3 Å². The number of benzene rings is 1. The van der Waals surface area contributed by atoms with Crippen molar-refractivity contribution in [3.05, 3.63) is 35.7 Å². The molecule has 3 rings (SSSR count). The van der Waals surface area contributed by atoms with Gasteiger partial charge in [-0.2, -0.15) is 4.68 Å². The molecule has 0 radical (unpaired) electrons. The summed E-state index contributed by atoms with van der Waals surface area (Å²) < 4.78 is 6.68. The van der Waals surface area contributed by atoms with Gasteiger partial charge in [0.25, 0.3) is 0 Å². The number of hydrogen-bond donors (Lipinski definition) is 1. The van der Waals surface area contributed by atoms with Crippen molar-refractivity contribution in [3.8, 4) is 5.69 Å². The fourth-order valence-corrected chi connectivity index (χ4v) is 3.06. The first kappa shape index (κ1) is 15.6. The van der Waals surface area contributed by atoms with Crippen LogP contribution in [0.25, 0.3) is 5.69 Å². The molecule has 23 heavy (non-hydrogen) atoms. The highest BCUT2D eigenvalue weighted by molar-refractivity contribution is 5.90. The number of ether oxygens (including phenoxy) is 1. The molecule has 1 heterocycles. The van der Waals surface area contributed by atoms with Gasteiger partial charge in [-0.05, 0) is 48.4 Å². The molecule has 0 bridgehead atoms. The minimum absolute atomic E-state index is 0.338. The maximum atomic E-state index is 11.9. The predicted octanol–water partition coefficient (Wildman–Crippen LogP) is 1.96. The number of carbonyl (C=O) groups is 1. The van der Waals surface area contributed by atoms with E-state index in [1.165, 1.54) is 6.42 Å². The largest absolute Gasteiger partial charge is 0.462 e. The van der Waals surface area contributed by atoms with E-state index < -0.39 is 5.54 Å². The molecule has 0 atom stereocenters. The first-order chi connectivity index (χ1) is 11.1. The third-order valence-corrected chi connectivity index (χ3v) is 4.26. The van der Waals surface area contributed by atoms with E-state index in [4.69, 9.17) is 10.5 Å². The van der Waals surface area contributed by atoms with Crippen LogP contribution in [0.2, 0.25) is 0 Å². The number of tetrazole rings is 1. The van der Waals surface area contributed by atoms with Gasteiger partial charge in [-0.3, -0.25) is 0 Å². The van der Waals surface area contributed by atoms with E-state index in [0.717, 1.165) is 25.7 Å². The summed E-state index contributed by atoms with van der Waals surface area (Å²) in [6.45, 7) is 2.12. The van der Waals surface area contributed by atoms with Crippen LogP contribution in [0.1, 0.15) is 55.2 Å². The third-order valence-electron chi connectivity index (χ3n) is 4.26. The molecule has 0 saturated heterocycles. The molecule has 0 amide bonds. The molecular weight excluding hydrogens is 294 g/mol. The van der Waals surface area contributed by atoms with Crippen LogP contribution in [-0.2, 0) is 10.3 Å². The molecular formula is C16H21N5O2. The number of aromatic nitrogens is 4. The highest BCUT2D eigenvalue weighted by Crippen LogP contribution is 2.34. The Labute approximate surface area is 134 Å². The van der Waals surface area contributed by atoms with Gasteiger partial charge in [0, 0.05) is 0 Å². The smallest absolute Gasteiger partial charge is 0.338 e. The zero-order valence-corrected chi connectivity index (χ0v) is 13.2. The Kier molecular flexibility index (Phi) is 4.38. The van der Waals surface area contributed by atoms with Crippen molar-refractivity contribution in [2.24, 2.45) is 5.73 Å². The topological polar surface area (TPSA) is 95.9 Å². The van der Waals surface area contributed by atoms with Gasteiger partial charge in [0.1, 0.15) is 0 Å². The van der Waals surface area contributed by atoms with Gasteiger partial charge in [-0.25, -0.2) is 4.79 Å². The van der Waals surface area contributed by atoms with E-state index in [2.05, 4.69) is 15.5 Å². The van der Waals surface area contributed by atoms with E-state index in [0.29, 0.717) is 23.7 Å². The zero-order valence-electron chi connectivity index (χ0n) is 13.2. The van der Waals surface area contributed by atoms with Crippen LogP contribution >= 0.6 is 0 Å². The first-order valence-corrected chi connectivity index (χ1v) is 7.99. The Hall–Kier alpha value is -2.28. The maximum absolute atomic E-state index is 11.9. The van der Waals surface area contributed by atoms with Gasteiger partial charge >= 0.3 is 5.97 Å². The summed E-state index contributed by atoms with van der Waals surface area (Å²) in [5.41, 5.74) is 7.23. The standard InChI is InChI=1S/C16H21N5O2/c1-2-23-14(22)12-7-6-8-13(11-12)21-15(18-19-20-21)16(17)9-4-3-5-10-16/h6-8,11H,2-5,9-10,17H2,1H3. The zero-order chi connectivity index (χ0) is 16.3. The number of nitrogens with zero attached hydrogens (tertiary/aromatic N) is 4. The lowest BCUT2D eigenvalue weighted by Gasteiger charge is -2.31. The number of rotatable bonds is 4. The van der Waals surface area contributed by atoms with Crippen molar-refractivity contribution >= 4 is 5.97 Å². The Morgan fingerprint density at radius 3 is 2.87 bits per heavy atom. The monoisotopic (exact) mass is 315 g/mol. The van der Waals surface area contributed by atoms with E-state index >= 15 is 0 Å². The minimum Gasteiger partial charge on any atom is -0.462 e. The van der Waals surface area contributed by atoms with E-state index in [9.17, 15) is 4.79 Å². The lowest BCUT2D eigenvalue weighted by atomic mass is 9.82. The van der Waals surface area contributed by atoms with Crippen LogP contribution in [0.5, 0.6) is 0 Å². The second-order valence-corrected chi connectivity index (χ2v) is 5.90. The molecule has 1 saturated carbocycles. The lowest BCUT2D eigenvalue weighted by Crippen LogP contribution is -2.41. The molecule has 2 N–H and O–H groups in total. The first-order valence-electron chi connectivity index (χ1n) is 7.99. The summed E-state index contributed by atoms with van der Waals surface area (Å²) in [5.74, 6) is 0.294. The molecule has 2 aromatic rings. The van der Waals surface area contributed by atoms with Crippen molar-refractivity contribution in [1.29, 1.82) is 0 Å².